The molecule has 1 atom stereocenters. The van der Waals surface area contributed by atoms with Crippen LogP contribution in [0.25, 0.3) is 0 Å². The highest BCUT2D eigenvalue weighted by Gasteiger charge is 2.32. The number of carbonyl (C=O) groups excluding carboxylic acids is 1. The molecule has 1 aromatic heterocycles. The first-order valence-corrected chi connectivity index (χ1v) is 7.47. The highest BCUT2D eigenvalue weighted by atomic mass is 16.4. The van der Waals surface area contributed by atoms with Gasteiger partial charge in [0.05, 0.1) is 11.7 Å². The summed E-state index contributed by atoms with van der Waals surface area (Å²) < 4.78 is 1.72. The van der Waals surface area contributed by atoms with Gasteiger partial charge in [-0.05, 0) is 38.7 Å². The van der Waals surface area contributed by atoms with Crippen LogP contribution in [0.5, 0.6) is 0 Å². The van der Waals surface area contributed by atoms with Gasteiger partial charge in [-0.25, -0.2) is 0 Å². The smallest absolute Gasteiger partial charge is 0.272 e. The molecular formula is C14H23N5O2. The second-order valence-electron chi connectivity index (χ2n) is 5.23. The van der Waals surface area contributed by atoms with E-state index in [0.717, 1.165) is 31.4 Å². The number of piperidine rings is 1. The van der Waals surface area contributed by atoms with Crippen molar-refractivity contribution in [3.05, 3.63) is 17.5 Å². The number of likely N-dealkylation sites (tertiary alicyclic amines) is 1. The van der Waals surface area contributed by atoms with E-state index in [9.17, 15) is 4.79 Å². The van der Waals surface area contributed by atoms with E-state index in [1.807, 2.05) is 19.9 Å². The maximum atomic E-state index is 12.8. The van der Waals surface area contributed by atoms with Crippen molar-refractivity contribution in [2.75, 3.05) is 6.54 Å². The first kappa shape index (κ1) is 15.3. The minimum atomic E-state index is -0.332. The summed E-state index contributed by atoms with van der Waals surface area (Å²) in [6.07, 6.45) is 3.42. The lowest BCUT2D eigenvalue weighted by atomic mass is 10.0. The highest BCUT2D eigenvalue weighted by Crippen LogP contribution is 2.20. The summed E-state index contributed by atoms with van der Waals surface area (Å²) in [5.74, 6) is 0.00155. The number of amidine groups is 1. The molecule has 0 saturated carbocycles. The van der Waals surface area contributed by atoms with Gasteiger partial charge in [-0.1, -0.05) is 12.1 Å². The molecule has 7 heteroatoms. The van der Waals surface area contributed by atoms with Gasteiger partial charge in [-0.15, -0.1) is 0 Å². The summed E-state index contributed by atoms with van der Waals surface area (Å²) in [6.45, 7) is 5.23. The number of rotatable bonds is 4. The quantitative estimate of drug-likeness (QED) is 0.377. The number of carbonyl (C=O) groups is 1. The summed E-state index contributed by atoms with van der Waals surface area (Å²) in [4.78, 5) is 14.5. The van der Waals surface area contributed by atoms with Crippen LogP contribution < -0.4 is 5.73 Å². The Morgan fingerprint density at radius 3 is 2.90 bits per heavy atom. The molecule has 1 fully saturated rings. The van der Waals surface area contributed by atoms with Gasteiger partial charge < -0.3 is 15.8 Å². The zero-order valence-corrected chi connectivity index (χ0v) is 12.6. The Balaban J connectivity index is 2.30. The van der Waals surface area contributed by atoms with Crippen LogP contribution in [-0.2, 0) is 13.0 Å². The minimum Gasteiger partial charge on any atom is -0.409 e. The number of nitrogens with two attached hydrogens (primary N) is 1. The van der Waals surface area contributed by atoms with Crippen molar-refractivity contribution >= 4 is 11.7 Å². The van der Waals surface area contributed by atoms with E-state index < -0.39 is 0 Å². The third-order valence-corrected chi connectivity index (χ3v) is 3.93. The van der Waals surface area contributed by atoms with Crippen LogP contribution in [0.3, 0.4) is 0 Å². The van der Waals surface area contributed by atoms with Gasteiger partial charge in [0.25, 0.3) is 5.91 Å². The van der Waals surface area contributed by atoms with Gasteiger partial charge in [0.2, 0.25) is 0 Å². The fraction of sp³-hybridized carbons (Fsp3) is 0.643. The van der Waals surface area contributed by atoms with E-state index >= 15 is 0 Å². The normalized spacial score (nSPS) is 19.8. The standard InChI is InChI=1S/C14H23N5O2/c1-3-10-9-12(19(4-2)16-10)14(20)18-8-6-5-7-11(18)13(15)17-21/h9,11,21H,3-8H2,1-2H3,(H2,15,17). The van der Waals surface area contributed by atoms with Gasteiger partial charge in [0.15, 0.2) is 5.84 Å². The number of hydrogen-bond acceptors (Lipinski definition) is 4. The lowest BCUT2D eigenvalue weighted by Crippen LogP contribution is -2.51. The molecule has 21 heavy (non-hydrogen) atoms. The molecule has 1 aliphatic rings. The van der Waals surface area contributed by atoms with Crippen molar-refractivity contribution in [2.24, 2.45) is 10.9 Å². The van der Waals surface area contributed by atoms with Crippen LogP contribution in [0.1, 0.15) is 49.3 Å². The Labute approximate surface area is 124 Å². The topological polar surface area (TPSA) is 96.7 Å². The fourth-order valence-electron chi connectivity index (χ4n) is 2.75. The molecule has 0 radical (unpaired) electrons. The highest BCUT2D eigenvalue weighted by molar-refractivity contribution is 5.97. The number of aromatic nitrogens is 2. The summed E-state index contributed by atoms with van der Waals surface area (Å²) in [5.41, 5.74) is 7.22. The van der Waals surface area contributed by atoms with Crippen LogP contribution in [0, 0.1) is 0 Å². The second kappa shape index (κ2) is 6.60. The number of amides is 1. The molecule has 0 aromatic carbocycles. The molecule has 1 aliphatic heterocycles. The van der Waals surface area contributed by atoms with E-state index in [1.54, 1.807) is 9.58 Å². The van der Waals surface area contributed by atoms with Gasteiger partial charge in [-0.3, -0.25) is 9.48 Å². The Hall–Kier alpha value is -2.05. The Morgan fingerprint density at radius 2 is 2.29 bits per heavy atom. The number of nitrogens with zero attached hydrogens (tertiary/aromatic N) is 4. The molecule has 7 nitrogen and oxygen atoms in total. The van der Waals surface area contributed by atoms with Crippen LogP contribution in [0.4, 0.5) is 0 Å². The van der Waals surface area contributed by atoms with Crippen molar-refractivity contribution in [2.45, 2.75) is 52.1 Å². The SMILES string of the molecule is CCc1cc(C(=O)N2CCCCC2C(N)=NO)n(CC)n1. The number of hydrogen-bond donors (Lipinski definition) is 2. The first-order chi connectivity index (χ1) is 10.1. The minimum absolute atomic E-state index is 0.0969. The molecule has 1 amide bonds. The largest absolute Gasteiger partial charge is 0.409 e. The van der Waals surface area contributed by atoms with E-state index in [2.05, 4.69) is 10.3 Å². The van der Waals surface area contributed by atoms with Crippen molar-refractivity contribution in [3.8, 4) is 0 Å². The summed E-state index contributed by atoms with van der Waals surface area (Å²) in [6, 6.07) is 1.51. The Kier molecular flexibility index (Phi) is 4.82. The van der Waals surface area contributed by atoms with E-state index in [4.69, 9.17) is 10.9 Å². The third kappa shape index (κ3) is 3.01. The van der Waals surface area contributed by atoms with Crippen molar-refractivity contribution in [1.29, 1.82) is 0 Å². The van der Waals surface area contributed by atoms with E-state index in [-0.39, 0.29) is 17.8 Å². The van der Waals surface area contributed by atoms with E-state index in [0.29, 0.717) is 18.8 Å². The maximum Gasteiger partial charge on any atom is 0.272 e. The van der Waals surface area contributed by atoms with Crippen LogP contribution in [0.2, 0.25) is 0 Å². The van der Waals surface area contributed by atoms with Gasteiger partial charge in [0.1, 0.15) is 5.69 Å². The van der Waals surface area contributed by atoms with Crippen LogP contribution in [0.15, 0.2) is 11.2 Å². The molecule has 0 bridgehead atoms. The monoisotopic (exact) mass is 293 g/mol. The lowest BCUT2D eigenvalue weighted by Gasteiger charge is -2.34. The average Bonchev–Trinajstić information content (AvgIpc) is 2.96. The van der Waals surface area contributed by atoms with Gasteiger partial charge in [0, 0.05) is 13.1 Å². The van der Waals surface area contributed by atoms with Gasteiger partial charge >= 0.3 is 0 Å². The summed E-state index contributed by atoms with van der Waals surface area (Å²) in [5, 5.41) is 16.4. The zero-order chi connectivity index (χ0) is 15.4. The van der Waals surface area contributed by atoms with Crippen LogP contribution in [-0.4, -0.2) is 44.2 Å². The average molecular weight is 293 g/mol. The molecule has 2 heterocycles. The van der Waals surface area contributed by atoms with Crippen molar-refractivity contribution in [3.63, 3.8) is 0 Å². The molecular weight excluding hydrogens is 270 g/mol. The van der Waals surface area contributed by atoms with Crippen molar-refractivity contribution < 1.29 is 10.0 Å². The Bertz CT molecular complexity index is 537. The summed E-state index contributed by atoms with van der Waals surface area (Å²) >= 11 is 0. The molecule has 0 spiro atoms. The Morgan fingerprint density at radius 1 is 1.52 bits per heavy atom. The first-order valence-electron chi connectivity index (χ1n) is 7.47. The summed E-state index contributed by atoms with van der Waals surface area (Å²) in [7, 11) is 0. The fourth-order valence-corrected chi connectivity index (χ4v) is 2.75. The molecule has 1 unspecified atom stereocenters. The number of aryl methyl sites for hydroxylation is 2. The predicted molar refractivity (Wildman–Crippen MR) is 79.4 cm³/mol. The zero-order valence-electron chi connectivity index (χ0n) is 12.6. The van der Waals surface area contributed by atoms with Gasteiger partial charge in [-0.2, -0.15) is 5.10 Å². The van der Waals surface area contributed by atoms with Crippen molar-refractivity contribution in [1.82, 2.24) is 14.7 Å². The maximum absolute atomic E-state index is 12.8. The second-order valence-corrected chi connectivity index (χ2v) is 5.23. The molecule has 1 aromatic rings. The molecule has 3 N–H and O–H groups in total. The molecule has 0 aliphatic carbocycles. The third-order valence-electron chi connectivity index (χ3n) is 3.93. The predicted octanol–water partition coefficient (Wildman–Crippen LogP) is 1.21. The molecule has 1 saturated heterocycles. The molecule has 2 rings (SSSR count). The number of oxime groups is 1. The molecule has 116 valence electrons. The van der Waals surface area contributed by atoms with E-state index in [1.165, 1.54) is 0 Å². The van der Waals surface area contributed by atoms with Crippen LogP contribution >= 0.6 is 0 Å². The lowest BCUT2D eigenvalue weighted by molar-refractivity contribution is 0.0664.